The zero-order chi connectivity index (χ0) is 19.3. The van der Waals surface area contributed by atoms with E-state index in [0.29, 0.717) is 12.8 Å². The Morgan fingerprint density at radius 1 is 1.23 bits per heavy atom. The van der Waals surface area contributed by atoms with E-state index in [9.17, 15) is 28.2 Å². The standard InChI is InChI=1S/C18H25F3N2O3/c1-2-22-18(26)14-16(25)12(19)15(24)13(17(20)21)23(14)10-6-9-11-7-4-3-5-8-11/h3-5,7-8,12-17,24-25H,2,6,9-10H2,1H3,(H,22,26). The maximum atomic E-state index is 14.2. The summed E-state index contributed by atoms with van der Waals surface area (Å²) in [5, 5.41) is 22.5. The van der Waals surface area contributed by atoms with Gasteiger partial charge < -0.3 is 15.5 Å². The van der Waals surface area contributed by atoms with Gasteiger partial charge in [-0.15, -0.1) is 0 Å². The minimum absolute atomic E-state index is 0.0204. The first-order valence-electron chi connectivity index (χ1n) is 8.74. The van der Waals surface area contributed by atoms with Gasteiger partial charge in [0.15, 0.2) is 6.17 Å². The second kappa shape index (κ2) is 9.34. The highest BCUT2D eigenvalue weighted by Crippen LogP contribution is 2.30. The van der Waals surface area contributed by atoms with Crippen molar-refractivity contribution in [2.45, 2.75) is 56.7 Å². The van der Waals surface area contributed by atoms with Crippen LogP contribution in [0.1, 0.15) is 18.9 Å². The molecule has 0 aliphatic carbocycles. The van der Waals surface area contributed by atoms with Crippen molar-refractivity contribution >= 4 is 5.91 Å². The zero-order valence-corrected chi connectivity index (χ0v) is 14.6. The predicted octanol–water partition coefficient (Wildman–Crippen LogP) is 1.13. The van der Waals surface area contributed by atoms with Crippen LogP contribution in [0, 0.1) is 0 Å². The molecule has 0 aromatic heterocycles. The molecule has 0 spiro atoms. The fourth-order valence-electron chi connectivity index (χ4n) is 3.42. The maximum Gasteiger partial charge on any atom is 0.256 e. The van der Waals surface area contributed by atoms with Crippen molar-refractivity contribution in [3.05, 3.63) is 35.9 Å². The molecule has 146 valence electrons. The maximum absolute atomic E-state index is 14.2. The van der Waals surface area contributed by atoms with Crippen molar-refractivity contribution < 1.29 is 28.2 Å². The van der Waals surface area contributed by atoms with Crippen molar-refractivity contribution in [3.63, 3.8) is 0 Å². The second-order valence-electron chi connectivity index (χ2n) is 6.42. The summed E-state index contributed by atoms with van der Waals surface area (Å²) in [6.07, 6.45) is -8.31. The molecule has 0 bridgehead atoms. The van der Waals surface area contributed by atoms with Gasteiger partial charge in [-0.3, -0.25) is 9.69 Å². The Morgan fingerprint density at radius 2 is 1.88 bits per heavy atom. The van der Waals surface area contributed by atoms with Crippen molar-refractivity contribution in [2.75, 3.05) is 13.1 Å². The molecule has 1 aromatic carbocycles. The number of likely N-dealkylation sites (N-methyl/N-ethyl adjacent to an activating group) is 1. The van der Waals surface area contributed by atoms with Gasteiger partial charge in [-0.1, -0.05) is 30.3 Å². The third-order valence-corrected chi connectivity index (χ3v) is 4.67. The highest BCUT2D eigenvalue weighted by molar-refractivity contribution is 5.82. The molecule has 1 aliphatic heterocycles. The van der Waals surface area contributed by atoms with Crippen molar-refractivity contribution in [3.8, 4) is 0 Å². The van der Waals surface area contributed by atoms with Crippen LogP contribution in [0.5, 0.6) is 0 Å². The zero-order valence-electron chi connectivity index (χ0n) is 14.6. The Balaban J connectivity index is 2.19. The van der Waals surface area contributed by atoms with Crippen LogP contribution >= 0.6 is 0 Å². The minimum Gasteiger partial charge on any atom is -0.388 e. The topological polar surface area (TPSA) is 72.8 Å². The number of likely N-dealkylation sites (tertiary alicyclic amines) is 1. The lowest BCUT2D eigenvalue weighted by atomic mass is 9.87. The van der Waals surface area contributed by atoms with Gasteiger partial charge in [-0.2, -0.15) is 0 Å². The Bertz CT molecular complexity index is 576. The molecule has 5 atom stereocenters. The Morgan fingerprint density at radius 3 is 2.46 bits per heavy atom. The lowest BCUT2D eigenvalue weighted by Gasteiger charge is -2.47. The summed E-state index contributed by atoms with van der Waals surface area (Å²) in [4.78, 5) is 13.3. The highest BCUT2D eigenvalue weighted by atomic mass is 19.3. The van der Waals surface area contributed by atoms with Crippen LogP contribution in [0.3, 0.4) is 0 Å². The molecule has 1 fully saturated rings. The molecule has 5 nitrogen and oxygen atoms in total. The van der Waals surface area contributed by atoms with Crippen molar-refractivity contribution in [2.24, 2.45) is 0 Å². The van der Waals surface area contributed by atoms with Crippen molar-refractivity contribution in [1.82, 2.24) is 10.2 Å². The van der Waals surface area contributed by atoms with Gasteiger partial charge in [0.2, 0.25) is 5.91 Å². The highest BCUT2D eigenvalue weighted by Gasteiger charge is 2.54. The minimum atomic E-state index is -3.05. The SMILES string of the molecule is CCNC(=O)C1C(O)C(F)C(O)C(C(F)F)N1CCCc1ccccc1. The van der Waals surface area contributed by atoms with Gasteiger partial charge in [0.25, 0.3) is 6.43 Å². The molecule has 3 N–H and O–H groups in total. The number of carbonyl (C=O) groups is 1. The largest absolute Gasteiger partial charge is 0.388 e. The molecule has 1 aliphatic rings. The Labute approximate surface area is 150 Å². The van der Waals surface area contributed by atoms with E-state index in [1.165, 1.54) is 0 Å². The first-order chi connectivity index (χ1) is 12.4. The Kier molecular flexibility index (Phi) is 7.43. The van der Waals surface area contributed by atoms with Crippen LogP contribution in [-0.4, -0.2) is 71.0 Å². The van der Waals surface area contributed by atoms with E-state index in [4.69, 9.17) is 0 Å². The molecule has 1 amide bonds. The average Bonchev–Trinajstić information content (AvgIpc) is 2.60. The summed E-state index contributed by atoms with van der Waals surface area (Å²) in [7, 11) is 0. The number of piperidine rings is 1. The van der Waals surface area contributed by atoms with E-state index in [0.717, 1.165) is 10.5 Å². The number of rotatable bonds is 7. The second-order valence-corrected chi connectivity index (χ2v) is 6.42. The van der Waals surface area contributed by atoms with E-state index >= 15 is 0 Å². The molecular weight excluding hydrogens is 349 g/mol. The normalized spacial score (nSPS) is 29.7. The van der Waals surface area contributed by atoms with Gasteiger partial charge >= 0.3 is 0 Å². The summed E-state index contributed by atoms with van der Waals surface area (Å²) < 4.78 is 41.2. The van der Waals surface area contributed by atoms with Crippen LogP contribution in [0.15, 0.2) is 30.3 Å². The molecule has 5 unspecified atom stereocenters. The number of benzene rings is 1. The quantitative estimate of drug-likeness (QED) is 0.669. The molecule has 2 rings (SSSR count). The number of aliphatic hydroxyl groups excluding tert-OH is 2. The van der Waals surface area contributed by atoms with E-state index in [1.807, 2.05) is 30.3 Å². The third-order valence-electron chi connectivity index (χ3n) is 4.67. The number of nitrogens with zero attached hydrogens (tertiary/aromatic N) is 1. The Hall–Kier alpha value is -1.64. The first kappa shape index (κ1) is 20.7. The van der Waals surface area contributed by atoms with E-state index in [1.54, 1.807) is 6.92 Å². The third kappa shape index (κ3) is 4.55. The summed E-state index contributed by atoms with van der Waals surface area (Å²) in [6.45, 7) is 1.88. The number of halogens is 3. The lowest BCUT2D eigenvalue weighted by Crippen LogP contribution is -2.70. The number of aliphatic hydroxyl groups is 2. The van der Waals surface area contributed by atoms with Gasteiger partial charge in [-0.25, -0.2) is 13.2 Å². The van der Waals surface area contributed by atoms with Crippen LogP contribution in [0.4, 0.5) is 13.2 Å². The van der Waals surface area contributed by atoms with Crippen molar-refractivity contribution in [1.29, 1.82) is 0 Å². The van der Waals surface area contributed by atoms with Crippen LogP contribution in [0.2, 0.25) is 0 Å². The van der Waals surface area contributed by atoms with E-state index in [-0.39, 0.29) is 13.1 Å². The molecule has 1 saturated heterocycles. The number of alkyl halides is 3. The number of hydrogen-bond acceptors (Lipinski definition) is 4. The monoisotopic (exact) mass is 374 g/mol. The van der Waals surface area contributed by atoms with E-state index < -0.39 is 42.8 Å². The summed E-state index contributed by atoms with van der Waals surface area (Å²) in [6, 6.07) is 6.04. The van der Waals surface area contributed by atoms with Gasteiger partial charge in [-0.05, 0) is 31.9 Å². The predicted molar refractivity (Wildman–Crippen MR) is 90.6 cm³/mol. The van der Waals surface area contributed by atoms with Gasteiger partial charge in [0.05, 0.1) is 0 Å². The number of hydrogen-bond donors (Lipinski definition) is 3. The summed E-state index contributed by atoms with van der Waals surface area (Å²) in [5.74, 6) is -0.722. The number of nitrogens with one attached hydrogen (secondary N) is 1. The molecule has 8 heteroatoms. The fraction of sp³-hybridized carbons (Fsp3) is 0.611. The van der Waals surface area contributed by atoms with E-state index in [2.05, 4.69) is 5.32 Å². The molecule has 1 aromatic rings. The lowest BCUT2D eigenvalue weighted by molar-refractivity contribution is -0.177. The summed E-state index contributed by atoms with van der Waals surface area (Å²) in [5.41, 5.74) is 0.997. The smallest absolute Gasteiger partial charge is 0.256 e. The molecule has 0 saturated carbocycles. The van der Waals surface area contributed by atoms with Crippen LogP contribution < -0.4 is 5.32 Å². The van der Waals surface area contributed by atoms with Crippen LogP contribution in [-0.2, 0) is 11.2 Å². The number of aryl methyl sites for hydroxylation is 1. The molecule has 0 radical (unpaired) electrons. The first-order valence-corrected chi connectivity index (χ1v) is 8.74. The molecular formula is C18H25F3N2O3. The van der Waals surface area contributed by atoms with Gasteiger partial charge in [0.1, 0.15) is 24.3 Å². The van der Waals surface area contributed by atoms with Gasteiger partial charge in [0, 0.05) is 6.54 Å². The summed E-state index contributed by atoms with van der Waals surface area (Å²) >= 11 is 0. The number of amides is 1. The molecule has 1 heterocycles. The number of carbonyl (C=O) groups excluding carboxylic acids is 1. The van der Waals surface area contributed by atoms with Crippen LogP contribution in [0.25, 0.3) is 0 Å². The molecule has 26 heavy (non-hydrogen) atoms. The fourth-order valence-corrected chi connectivity index (χ4v) is 3.42. The average molecular weight is 374 g/mol.